The van der Waals surface area contributed by atoms with Crippen molar-refractivity contribution in [2.45, 2.75) is 0 Å². The zero-order valence-electron chi connectivity index (χ0n) is 11.7. The van der Waals surface area contributed by atoms with E-state index in [-0.39, 0.29) is 0 Å². The largest absolute Gasteiger partial charge is 0.128 e. The Balaban J connectivity index is 2.54. The summed E-state index contributed by atoms with van der Waals surface area (Å²) in [6, 6.07) is 0. The van der Waals surface area contributed by atoms with Gasteiger partial charge in [0.05, 0.1) is 109 Å². The van der Waals surface area contributed by atoms with Gasteiger partial charge in [-0.2, -0.15) is 0 Å². The van der Waals surface area contributed by atoms with Crippen LogP contribution in [0.2, 0.25) is 0 Å². The molecule has 0 spiro atoms. The second-order valence-corrected chi connectivity index (χ2v) is 21.5. The van der Waals surface area contributed by atoms with Crippen LogP contribution in [0.25, 0.3) is 0 Å². The number of hydrogen-bond donors (Lipinski definition) is 9. The van der Waals surface area contributed by atoms with Gasteiger partial charge in [-0.1, -0.05) is 118 Å². The van der Waals surface area contributed by atoms with Gasteiger partial charge in [0.15, 0.2) is 0 Å². The van der Waals surface area contributed by atoms with E-state index in [1.807, 2.05) is 0 Å². The van der Waals surface area contributed by atoms with Gasteiger partial charge in [-0.05, 0) is 0 Å². The number of rotatable bonds is 8. The maximum atomic E-state index is 4.42. The fourth-order valence-corrected chi connectivity index (χ4v) is 15.7. The molecule has 1 heterocycles. The third-order valence-electron chi connectivity index (χ3n) is 1.25. The zero-order chi connectivity index (χ0) is 20.6. The Labute approximate surface area is 248 Å². The van der Waals surface area contributed by atoms with E-state index >= 15 is 0 Å². The van der Waals surface area contributed by atoms with Crippen molar-refractivity contribution >= 4 is 225 Å². The van der Waals surface area contributed by atoms with Gasteiger partial charge < -0.3 is 0 Å². The van der Waals surface area contributed by atoms with Crippen molar-refractivity contribution in [3.8, 4) is 0 Å². The lowest BCUT2D eigenvalue weighted by Crippen LogP contribution is -2.16. The Kier molecular flexibility index (Phi) is 19.9. The molecule has 0 unspecified atom stereocenters. The van der Waals surface area contributed by atoms with Crippen LogP contribution in [0.4, 0.5) is 0 Å². The van der Waals surface area contributed by atoms with Gasteiger partial charge in [-0.15, -0.1) is 24.9 Å². The molecule has 1 aliphatic rings. The fourth-order valence-electron chi connectivity index (χ4n) is 0.681. The van der Waals surface area contributed by atoms with Crippen LogP contribution < -0.4 is 0 Å². The molecular formula is H9N9S18. The highest BCUT2D eigenvalue weighted by molar-refractivity contribution is 8.40. The molecule has 0 bridgehead atoms. The van der Waals surface area contributed by atoms with Crippen molar-refractivity contribution in [2.75, 3.05) is 0 Å². The Hall–Kier alpha value is 5.94. The van der Waals surface area contributed by atoms with E-state index in [1.54, 1.807) is 18.7 Å². The first-order valence-corrected chi connectivity index (χ1v) is 15.3. The molecule has 0 N–H and O–H groups in total. The standard InChI is InChI=1S/H9N9S18/c10-1(11)19-2(12)20-3(13)22-6(16)25-9-26-7(17)23-4(14)21-5(15)24-8(18)27-9/h10-18H. The summed E-state index contributed by atoms with van der Waals surface area (Å²) in [5.74, 6) is 0. The minimum atomic E-state index is 1.14. The minimum absolute atomic E-state index is 1.14. The van der Waals surface area contributed by atoms with Crippen molar-refractivity contribution in [1.29, 1.82) is 0 Å². The van der Waals surface area contributed by atoms with Gasteiger partial charge in [0.2, 0.25) is 0 Å². The summed E-state index contributed by atoms with van der Waals surface area (Å²) < 4.78 is 14.0. The van der Waals surface area contributed by atoms with Gasteiger partial charge in [-0.25, -0.2) is 0 Å². The summed E-state index contributed by atoms with van der Waals surface area (Å²) in [6.45, 7) is 0. The van der Waals surface area contributed by atoms with Crippen LogP contribution in [0.5, 0.6) is 0 Å². The molecule has 9 nitrogen and oxygen atoms in total. The Morgan fingerprint density at radius 1 is 0.519 bits per heavy atom. The lowest BCUT2D eigenvalue weighted by atomic mass is 13.7. The Morgan fingerprint density at radius 2 is 0.889 bits per heavy atom. The van der Waals surface area contributed by atoms with Crippen molar-refractivity contribution in [2.24, 2.45) is 0 Å². The molecule has 0 radical (unpaired) electrons. The van der Waals surface area contributed by atoms with Crippen LogP contribution in [-0.4, -0.2) is 28.0 Å². The predicted octanol–water partition coefficient (Wildman–Crippen LogP) is 6.39. The molecule has 0 aromatic carbocycles. The van der Waals surface area contributed by atoms with Crippen LogP contribution in [0, 0.1) is 0 Å². The maximum absolute atomic E-state index is 4.42. The molecule has 0 aromatic heterocycles. The molecule has 1 saturated heterocycles. The van der Waals surface area contributed by atoms with Crippen LogP contribution in [0.3, 0.4) is 0 Å². The molecule has 0 saturated carbocycles. The second-order valence-electron chi connectivity index (χ2n) is 2.88. The van der Waals surface area contributed by atoms with E-state index in [2.05, 4.69) is 115 Å². The fraction of sp³-hybridized carbons (Fsp3) is 0. The Bertz CT molecular complexity index is 377. The third-order valence-corrected chi connectivity index (χ3v) is 11.3. The zero-order valence-corrected chi connectivity index (χ0v) is 27.1. The van der Waals surface area contributed by atoms with Gasteiger partial charge in [0.1, 0.15) is 0 Å². The van der Waals surface area contributed by atoms with Gasteiger partial charge in [-0.3, -0.25) is 0 Å². The maximum Gasteiger partial charge on any atom is 0.0571 e. The summed E-state index contributed by atoms with van der Waals surface area (Å²) in [5, 5.41) is 0. The normalized spacial score (nSPS) is 21.2. The van der Waals surface area contributed by atoms with Crippen LogP contribution in [0.15, 0.2) is 0 Å². The highest BCUT2D eigenvalue weighted by Crippen LogP contribution is 2.51. The minimum Gasteiger partial charge on any atom is -0.128 e. The monoisotopic (exact) mass is 711 g/mol. The smallest absolute Gasteiger partial charge is 0.0571 e. The van der Waals surface area contributed by atoms with Crippen molar-refractivity contribution in [3.05, 3.63) is 0 Å². The third kappa shape index (κ3) is 16.3. The molecule has 0 amide bonds. The summed E-state index contributed by atoms with van der Waals surface area (Å²) in [4.78, 5) is 0. The molecule has 1 rings (SSSR count). The van der Waals surface area contributed by atoms with Crippen LogP contribution in [-0.2, 0) is 0 Å². The quantitative estimate of drug-likeness (QED) is 0.103. The highest BCUT2D eigenvalue weighted by atomic mass is 32.4. The first-order chi connectivity index (χ1) is 12.5. The summed E-state index contributed by atoms with van der Waals surface area (Å²) >= 11 is 49.5. The lowest BCUT2D eigenvalue weighted by molar-refractivity contribution is 1.05. The molecule has 0 atom stereocenters. The second kappa shape index (κ2) is 17.4. The van der Waals surface area contributed by atoms with E-state index in [4.69, 9.17) is 0 Å². The van der Waals surface area contributed by atoms with E-state index in [9.17, 15) is 0 Å². The molecule has 1 fully saturated rings. The summed E-state index contributed by atoms with van der Waals surface area (Å²) in [6.07, 6.45) is 0. The molecule has 27 heteroatoms. The van der Waals surface area contributed by atoms with Crippen LogP contribution >= 0.6 is 225 Å². The van der Waals surface area contributed by atoms with E-state index in [1.165, 1.54) is 106 Å². The van der Waals surface area contributed by atoms with Gasteiger partial charge in [0.25, 0.3) is 0 Å². The van der Waals surface area contributed by atoms with E-state index in [0.29, 0.717) is 0 Å². The Morgan fingerprint density at radius 3 is 1.33 bits per heavy atom. The summed E-state index contributed by atoms with van der Waals surface area (Å²) in [7, 11) is 0. The molecule has 1 aliphatic heterocycles. The van der Waals surface area contributed by atoms with Crippen molar-refractivity contribution in [1.82, 2.24) is 28.0 Å². The first kappa shape index (κ1) is 31.0. The number of hydrogen-bond acceptors (Lipinski definition) is 27. The SMILES string of the molecule is SN(S)SN(S)SN(S)SN(S)SN1SN(S)SN(S)SN(S)SN(S)S1. The molecule has 0 aliphatic carbocycles. The first-order valence-electron chi connectivity index (χ1n) is 5.09. The number of nitrogens with zero attached hydrogens (tertiary/aromatic N) is 9. The van der Waals surface area contributed by atoms with Gasteiger partial charge in [0, 0.05) is 0 Å². The molecule has 27 heavy (non-hydrogen) atoms. The molecule has 0 aromatic rings. The summed E-state index contributed by atoms with van der Waals surface area (Å²) in [5.41, 5.74) is 0. The van der Waals surface area contributed by atoms with E-state index in [0.717, 1.165) is 12.1 Å². The lowest BCUT2D eigenvalue weighted by Gasteiger charge is -2.31. The average molecular weight is 712 g/mol. The van der Waals surface area contributed by atoms with Gasteiger partial charge >= 0.3 is 0 Å². The predicted molar refractivity (Wildman–Crippen MR) is 166 cm³/mol. The molecular weight excluding hydrogens is 703 g/mol. The highest BCUT2D eigenvalue weighted by Gasteiger charge is 2.26. The molecule has 162 valence electrons. The van der Waals surface area contributed by atoms with Crippen molar-refractivity contribution in [3.63, 3.8) is 0 Å². The van der Waals surface area contributed by atoms with Crippen molar-refractivity contribution < 1.29 is 0 Å². The average Bonchev–Trinajstić information content (AvgIpc) is 2.43. The topological polar surface area (TPSA) is 29.2 Å². The number of thiol groups is 9. The van der Waals surface area contributed by atoms with E-state index < -0.39 is 0 Å². The van der Waals surface area contributed by atoms with Crippen LogP contribution in [0.1, 0.15) is 0 Å².